The zero-order valence-electron chi connectivity index (χ0n) is 13.9. The van der Waals surface area contributed by atoms with E-state index in [1.165, 1.54) is 31.3 Å². The minimum absolute atomic E-state index is 0.190. The van der Waals surface area contributed by atoms with Gasteiger partial charge in [-0.25, -0.2) is 14.4 Å². The molecule has 1 aliphatic rings. The number of aromatic nitrogens is 5. The Bertz CT molecular complexity index is 879. The first-order chi connectivity index (χ1) is 12.7. The highest BCUT2D eigenvalue weighted by Gasteiger charge is 2.25. The molecule has 2 heterocycles. The highest BCUT2D eigenvalue weighted by molar-refractivity contribution is 5.49. The third-order valence-electron chi connectivity index (χ3n) is 4.18. The Morgan fingerprint density at radius 2 is 1.96 bits per heavy atom. The monoisotopic (exact) mass is 355 g/mol. The summed E-state index contributed by atoms with van der Waals surface area (Å²) in [6.07, 6.45) is 3.74. The molecule has 1 aliphatic carbocycles. The van der Waals surface area contributed by atoms with Gasteiger partial charge in [0.05, 0.1) is 12.6 Å². The summed E-state index contributed by atoms with van der Waals surface area (Å²) in [6, 6.07) is 7.38. The Balaban J connectivity index is 1.46. The van der Waals surface area contributed by atoms with Crippen LogP contribution in [0, 0.1) is 5.82 Å². The largest absolute Gasteiger partial charge is 0.394 e. The molecule has 4 rings (SSSR count). The average Bonchev–Trinajstić information content (AvgIpc) is 3.41. The average molecular weight is 355 g/mol. The number of hydrogen-bond donors (Lipinski definition) is 4. The van der Waals surface area contributed by atoms with Crippen LogP contribution >= 0.6 is 0 Å². The molecule has 0 saturated heterocycles. The SMILES string of the molecule is OCC(Nc1ncnc(Nc2cc(C3CC3)[nH]n2)n1)c1ccc(F)cc1. The van der Waals surface area contributed by atoms with Gasteiger partial charge in [0.25, 0.3) is 0 Å². The molecule has 9 heteroatoms. The highest BCUT2D eigenvalue weighted by Crippen LogP contribution is 2.39. The van der Waals surface area contributed by atoms with Gasteiger partial charge < -0.3 is 15.7 Å². The molecular formula is C17H18FN7O. The van der Waals surface area contributed by atoms with Crippen molar-refractivity contribution in [2.45, 2.75) is 24.8 Å². The van der Waals surface area contributed by atoms with Gasteiger partial charge in [0.2, 0.25) is 11.9 Å². The Morgan fingerprint density at radius 3 is 2.69 bits per heavy atom. The second kappa shape index (κ2) is 7.04. The van der Waals surface area contributed by atoms with Gasteiger partial charge >= 0.3 is 0 Å². The zero-order chi connectivity index (χ0) is 17.9. The van der Waals surface area contributed by atoms with E-state index in [0.29, 0.717) is 23.6 Å². The molecule has 134 valence electrons. The maximum Gasteiger partial charge on any atom is 0.233 e. The fourth-order valence-electron chi connectivity index (χ4n) is 2.63. The van der Waals surface area contributed by atoms with E-state index in [2.05, 4.69) is 35.8 Å². The number of aliphatic hydroxyl groups excluding tert-OH is 1. The van der Waals surface area contributed by atoms with Gasteiger partial charge in [-0.3, -0.25) is 5.10 Å². The summed E-state index contributed by atoms with van der Waals surface area (Å²) in [5, 5.41) is 22.9. The number of nitrogens with zero attached hydrogens (tertiary/aromatic N) is 4. The number of H-pyrrole nitrogens is 1. The Kier molecular flexibility index (Phi) is 4.44. The molecule has 4 N–H and O–H groups in total. The van der Waals surface area contributed by atoms with Crippen molar-refractivity contribution in [1.29, 1.82) is 0 Å². The number of halogens is 1. The summed E-state index contributed by atoms with van der Waals surface area (Å²) in [5.41, 5.74) is 1.83. The van der Waals surface area contributed by atoms with Gasteiger partial charge in [0.1, 0.15) is 12.1 Å². The molecule has 1 aromatic carbocycles. The molecule has 0 bridgehead atoms. The maximum atomic E-state index is 13.1. The summed E-state index contributed by atoms with van der Waals surface area (Å²) < 4.78 is 13.1. The van der Waals surface area contributed by atoms with Gasteiger partial charge in [-0.2, -0.15) is 10.1 Å². The van der Waals surface area contributed by atoms with Crippen LogP contribution in [0.3, 0.4) is 0 Å². The van der Waals surface area contributed by atoms with E-state index in [0.717, 1.165) is 11.3 Å². The van der Waals surface area contributed by atoms with E-state index in [-0.39, 0.29) is 12.4 Å². The Labute approximate surface area is 148 Å². The van der Waals surface area contributed by atoms with Gasteiger partial charge in [0, 0.05) is 17.7 Å². The van der Waals surface area contributed by atoms with E-state index < -0.39 is 6.04 Å². The van der Waals surface area contributed by atoms with Crippen molar-refractivity contribution in [1.82, 2.24) is 25.1 Å². The molecule has 1 saturated carbocycles. The standard InChI is InChI=1S/C17H18FN7O/c18-12-5-3-11(4-6-12)14(8-26)21-16-19-9-20-17(23-16)22-15-7-13(24-25-15)10-1-2-10/h3-7,9-10,14,26H,1-2,8H2,(H3,19,20,21,22,23,24,25). The number of anilines is 3. The fourth-order valence-corrected chi connectivity index (χ4v) is 2.63. The van der Waals surface area contributed by atoms with Crippen molar-refractivity contribution >= 4 is 17.7 Å². The van der Waals surface area contributed by atoms with Crippen molar-refractivity contribution in [3.05, 3.63) is 53.7 Å². The normalized spacial score (nSPS) is 14.8. The molecule has 0 spiro atoms. The minimum atomic E-state index is -0.460. The number of hydrogen-bond acceptors (Lipinski definition) is 7. The van der Waals surface area contributed by atoms with Gasteiger partial charge in [0.15, 0.2) is 5.82 Å². The molecule has 2 aromatic heterocycles. The molecule has 0 amide bonds. The second-order valence-corrected chi connectivity index (χ2v) is 6.17. The summed E-state index contributed by atoms with van der Waals surface area (Å²) in [7, 11) is 0. The van der Waals surface area contributed by atoms with E-state index in [1.807, 2.05) is 6.07 Å². The van der Waals surface area contributed by atoms with E-state index in [1.54, 1.807) is 12.1 Å². The number of benzene rings is 1. The van der Waals surface area contributed by atoms with Crippen molar-refractivity contribution < 1.29 is 9.50 Å². The smallest absolute Gasteiger partial charge is 0.233 e. The van der Waals surface area contributed by atoms with Crippen molar-refractivity contribution in [2.75, 3.05) is 17.2 Å². The van der Waals surface area contributed by atoms with Crippen LogP contribution in [0.1, 0.15) is 36.1 Å². The molecule has 1 unspecified atom stereocenters. The number of rotatable bonds is 7. The first-order valence-corrected chi connectivity index (χ1v) is 8.35. The molecule has 1 fully saturated rings. The second-order valence-electron chi connectivity index (χ2n) is 6.17. The van der Waals surface area contributed by atoms with Crippen LogP contribution in [0.2, 0.25) is 0 Å². The topological polar surface area (TPSA) is 112 Å². The zero-order valence-corrected chi connectivity index (χ0v) is 13.9. The highest BCUT2D eigenvalue weighted by atomic mass is 19.1. The number of aliphatic hydroxyl groups is 1. The summed E-state index contributed by atoms with van der Waals surface area (Å²) >= 11 is 0. The van der Waals surface area contributed by atoms with Crippen molar-refractivity contribution in [2.24, 2.45) is 0 Å². The predicted octanol–water partition coefficient (Wildman–Crippen LogP) is 2.50. The molecular weight excluding hydrogens is 337 g/mol. The summed E-state index contributed by atoms with van der Waals surface area (Å²) in [4.78, 5) is 12.4. The lowest BCUT2D eigenvalue weighted by atomic mass is 10.1. The van der Waals surface area contributed by atoms with Crippen LogP contribution in [-0.4, -0.2) is 36.9 Å². The lowest BCUT2D eigenvalue weighted by Crippen LogP contribution is -2.17. The fraction of sp³-hybridized carbons (Fsp3) is 0.294. The van der Waals surface area contributed by atoms with Crippen LogP contribution in [0.4, 0.5) is 22.1 Å². The van der Waals surface area contributed by atoms with E-state index in [4.69, 9.17) is 0 Å². The van der Waals surface area contributed by atoms with Gasteiger partial charge in [-0.1, -0.05) is 12.1 Å². The van der Waals surface area contributed by atoms with Gasteiger partial charge in [-0.05, 0) is 30.5 Å². The molecule has 1 atom stereocenters. The third kappa shape index (κ3) is 3.77. The lowest BCUT2D eigenvalue weighted by molar-refractivity contribution is 0.275. The van der Waals surface area contributed by atoms with Crippen molar-refractivity contribution in [3.63, 3.8) is 0 Å². The Hall–Kier alpha value is -3.07. The maximum absolute atomic E-state index is 13.1. The first kappa shape index (κ1) is 16.4. The van der Waals surface area contributed by atoms with Crippen LogP contribution in [-0.2, 0) is 0 Å². The number of nitrogens with one attached hydrogen (secondary N) is 3. The van der Waals surface area contributed by atoms with Crippen LogP contribution in [0.5, 0.6) is 0 Å². The van der Waals surface area contributed by atoms with Crippen molar-refractivity contribution in [3.8, 4) is 0 Å². The van der Waals surface area contributed by atoms with Crippen LogP contribution in [0.25, 0.3) is 0 Å². The summed E-state index contributed by atoms with van der Waals surface area (Å²) in [5.74, 6) is 1.52. The van der Waals surface area contributed by atoms with Crippen LogP contribution < -0.4 is 10.6 Å². The molecule has 8 nitrogen and oxygen atoms in total. The minimum Gasteiger partial charge on any atom is -0.394 e. The molecule has 0 radical (unpaired) electrons. The molecule has 3 aromatic rings. The third-order valence-corrected chi connectivity index (χ3v) is 4.18. The Morgan fingerprint density at radius 1 is 1.19 bits per heavy atom. The summed E-state index contributed by atoms with van der Waals surface area (Å²) in [6.45, 7) is -0.190. The quantitative estimate of drug-likeness (QED) is 0.515. The van der Waals surface area contributed by atoms with E-state index >= 15 is 0 Å². The van der Waals surface area contributed by atoms with Gasteiger partial charge in [-0.15, -0.1) is 0 Å². The first-order valence-electron chi connectivity index (χ1n) is 8.35. The lowest BCUT2D eigenvalue weighted by Gasteiger charge is -2.16. The number of aromatic amines is 1. The van der Waals surface area contributed by atoms with E-state index in [9.17, 15) is 9.50 Å². The van der Waals surface area contributed by atoms with Crippen LogP contribution in [0.15, 0.2) is 36.7 Å². The predicted molar refractivity (Wildman–Crippen MR) is 93.5 cm³/mol. The molecule has 26 heavy (non-hydrogen) atoms. The molecule has 0 aliphatic heterocycles.